The Labute approximate surface area is 427 Å². The van der Waals surface area contributed by atoms with Crippen molar-refractivity contribution in [2.45, 2.75) is 297 Å². The van der Waals surface area contributed by atoms with Gasteiger partial charge in [-0.3, -0.25) is 14.4 Å². The molecule has 69 heavy (non-hydrogen) atoms. The molecule has 0 aromatic heterocycles. The van der Waals surface area contributed by atoms with Gasteiger partial charge in [-0.25, -0.2) is 0 Å². The molecule has 0 saturated carbocycles. The summed E-state index contributed by atoms with van der Waals surface area (Å²) in [4.78, 5) is 38.0. The number of ether oxygens (including phenoxy) is 3. The molecular weight excluding hydrogens is 853 g/mol. The summed E-state index contributed by atoms with van der Waals surface area (Å²) in [6.45, 7) is 6.48. The molecule has 6 heteroatoms. The summed E-state index contributed by atoms with van der Waals surface area (Å²) in [5, 5.41) is 0. The van der Waals surface area contributed by atoms with E-state index in [1.807, 2.05) is 0 Å². The van der Waals surface area contributed by atoms with Crippen molar-refractivity contribution in [1.82, 2.24) is 0 Å². The average molecular weight is 964 g/mol. The van der Waals surface area contributed by atoms with E-state index in [0.29, 0.717) is 19.3 Å². The molecule has 0 spiro atoms. The Bertz CT molecular complexity index is 1290. The molecule has 0 rings (SSSR count). The zero-order valence-corrected chi connectivity index (χ0v) is 45.6. The van der Waals surface area contributed by atoms with Gasteiger partial charge in [0, 0.05) is 19.3 Å². The number of rotatable bonds is 53. The van der Waals surface area contributed by atoms with Crippen LogP contribution in [0.15, 0.2) is 72.9 Å². The van der Waals surface area contributed by atoms with Crippen molar-refractivity contribution in [3.05, 3.63) is 72.9 Å². The molecule has 0 aromatic carbocycles. The van der Waals surface area contributed by atoms with E-state index in [0.717, 1.165) is 77.0 Å². The Hall–Kier alpha value is -3.15. The van der Waals surface area contributed by atoms with E-state index >= 15 is 0 Å². The van der Waals surface area contributed by atoms with Gasteiger partial charge < -0.3 is 14.2 Å². The average Bonchev–Trinajstić information content (AvgIpc) is 3.35. The van der Waals surface area contributed by atoms with Gasteiger partial charge >= 0.3 is 17.9 Å². The van der Waals surface area contributed by atoms with Crippen molar-refractivity contribution in [3.8, 4) is 0 Å². The minimum atomic E-state index is -0.802. The Morgan fingerprint density at radius 2 is 0.580 bits per heavy atom. The van der Waals surface area contributed by atoms with Crippen molar-refractivity contribution in [3.63, 3.8) is 0 Å². The monoisotopic (exact) mass is 963 g/mol. The summed E-state index contributed by atoms with van der Waals surface area (Å²) in [6, 6.07) is 0. The molecule has 0 amide bonds. The molecule has 0 aromatic rings. The second-order valence-electron chi connectivity index (χ2n) is 19.5. The molecule has 0 radical (unpaired) electrons. The Kier molecular flexibility index (Phi) is 54.8. The highest BCUT2D eigenvalue weighted by Gasteiger charge is 2.19. The van der Waals surface area contributed by atoms with Gasteiger partial charge in [-0.1, -0.05) is 261 Å². The third-order valence-electron chi connectivity index (χ3n) is 12.7. The normalized spacial score (nSPS) is 12.6. The fraction of sp³-hybridized carbons (Fsp3) is 0.762. The number of hydrogen-bond donors (Lipinski definition) is 0. The predicted octanol–water partition coefficient (Wildman–Crippen LogP) is 19.8. The van der Waals surface area contributed by atoms with E-state index in [1.165, 1.54) is 167 Å². The van der Waals surface area contributed by atoms with Crippen LogP contribution >= 0.6 is 0 Å². The van der Waals surface area contributed by atoms with Crippen LogP contribution in [-0.2, 0) is 28.6 Å². The van der Waals surface area contributed by atoms with E-state index in [9.17, 15) is 14.4 Å². The van der Waals surface area contributed by atoms with Crippen LogP contribution in [0.1, 0.15) is 290 Å². The van der Waals surface area contributed by atoms with Crippen molar-refractivity contribution < 1.29 is 28.6 Å². The van der Waals surface area contributed by atoms with Gasteiger partial charge in [0.2, 0.25) is 0 Å². The van der Waals surface area contributed by atoms with Crippen LogP contribution in [0.5, 0.6) is 0 Å². The number of allylic oxidation sites excluding steroid dienone is 12. The molecule has 0 saturated heterocycles. The van der Waals surface area contributed by atoms with E-state index in [2.05, 4.69) is 93.7 Å². The summed E-state index contributed by atoms with van der Waals surface area (Å²) >= 11 is 0. The summed E-state index contributed by atoms with van der Waals surface area (Å²) in [7, 11) is 0. The van der Waals surface area contributed by atoms with Gasteiger partial charge in [0.05, 0.1) is 0 Å². The topological polar surface area (TPSA) is 78.9 Å². The predicted molar refractivity (Wildman–Crippen MR) is 298 cm³/mol. The standard InChI is InChI=1S/C63H110O6/c1-4-7-10-13-16-19-21-23-25-27-28-29-30-31-32-33-34-36-37-39-41-44-47-50-53-56-62(65)68-59-60(58-67-61(64)55-52-49-46-43-18-15-12-9-6-3)69-63(66)57-54-51-48-45-42-40-38-35-26-24-22-20-17-14-11-8-5-2/h8,11,17,20,24,26-28,38,40,45,48,60H,4-7,9-10,12-16,18-19,21-23,25,29-37,39,41-44,46-47,49-59H2,1-3H3/b11-8-,20-17-,26-24-,28-27-,40-38-,48-45-. The first-order valence-corrected chi connectivity index (χ1v) is 29.4. The Morgan fingerprint density at radius 3 is 0.942 bits per heavy atom. The molecule has 0 aliphatic carbocycles. The number of carbonyl (C=O) groups excluding carboxylic acids is 3. The fourth-order valence-corrected chi connectivity index (χ4v) is 8.30. The fourth-order valence-electron chi connectivity index (χ4n) is 8.30. The first kappa shape index (κ1) is 65.8. The first-order valence-electron chi connectivity index (χ1n) is 29.4. The third kappa shape index (κ3) is 55.6. The number of unbranched alkanes of at least 4 members (excludes halogenated alkanes) is 30. The maximum Gasteiger partial charge on any atom is 0.306 e. The van der Waals surface area contributed by atoms with Gasteiger partial charge in [0.25, 0.3) is 0 Å². The summed E-state index contributed by atoms with van der Waals surface area (Å²) in [5.41, 5.74) is 0. The molecular formula is C63H110O6. The Morgan fingerprint density at radius 1 is 0.304 bits per heavy atom. The minimum Gasteiger partial charge on any atom is -0.462 e. The SMILES string of the molecule is CC/C=C\C/C=C\C/C=C\C/C=C\C/C=C\CCCC(=O)OC(COC(=O)CCCCCCCCCCC)COC(=O)CCCCCCCCCCCCCCC/C=C\CCCCCCCCCC. The number of hydrogen-bond acceptors (Lipinski definition) is 6. The van der Waals surface area contributed by atoms with Crippen molar-refractivity contribution in [2.24, 2.45) is 0 Å². The molecule has 0 aliphatic heterocycles. The zero-order chi connectivity index (χ0) is 50.0. The van der Waals surface area contributed by atoms with E-state index < -0.39 is 6.10 Å². The summed E-state index contributed by atoms with van der Waals surface area (Å²) in [6.07, 6.45) is 73.5. The summed E-state index contributed by atoms with van der Waals surface area (Å²) in [5.74, 6) is -0.949. The van der Waals surface area contributed by atoms with Crippen LogP contribution in [0, 0.1) is 0 Å². The lowest BCUT2D eigenvalue weighted by molar-refractivity contribution is -0.167. The smallest absolute Gasteiger partial charge is 0.306 e. The molecule has 398 valence electrons. The van der Waals surface area contributed by atoms with Crippen LogP contribution in [0.4, 0.5) is 0 Å². The molecule has 0 N–H and O–H groups in total. The molecule has 0 aliphatic rings. The van der Waals surface area contributed by atoms with Gasteiger partial charge in [-0.2, -0.15) is 0 Å². The third-order valence-corrected chi connectivity index (χ3v) is 12.7. The van der Waals surface area contributed by atoms with Gasteiger partial charge in [0.15, 0.2) is 6.10 Å². The molecule has 1 atom stereocenters. The molecule has 6 nitrogen and oxygen atoms in total. The first-order chi connectivity index (χ1) is 34.0. The van der Waals surface area contributed by atoms with Crippen LogP contribution in [-0.4, -0.2) is 37.2 Å². The van der Waals surface area contributed by atoms with Crippen LogP contribution in [0.2, 0.25) is 0 Å². The van der Waals surface area contributed by atoms with Gasteiger partial charge in [0.1, 0.15) is 13.2 Å². The number of esters is 3. The lowest BCUT2D eigenvalue weighted by atomic mass is 10.0. The van der Waals surface area contributed by atoms with Crippen LogP contribution in [0.3, 0.4) is 0 Å². The van der Waals surface area contributed by atoms with Crippen molar-refractivity contribution in [2.75, 3.05) is 13.2 Å². The maximum atomic E-state index is 12.8. The van der Waals surface area contributed by atoms with Crippen molar-refractivity contribution in [1.29, 1.82) is 0 Å². The van der Waals surface area contributed by atoms with Crippen LogP contribution in [0.25, 0.3) is 0 Å². The van der Waals surface area contributed by atoms with Crippen molar-refractivity contribution >= 4 is 17.9 Å². The van der Waals surface area contributed by atoms with Gasteiger partial charge in [-0.05, 0) is 83.5 Å². The molecule has 0 bridgehead atoms. The largest absolute Gasteiger partial charge is 0.462 e. The quantitative estimate of drug-likeness (QED) is 0.0262. The van der Waals surface area contributed by atoms with E-state index in [4.69, 9.17) is 14.2 Å². The summed E-state index contributed by atoms with van der Waals surface area (Å²) < 4.78 is 16.8. The minimum absolute atomic E-state index is 0.0958. The zero-order valence-electron chi connectivity index (χ0n) is 45.6. The highest BCUT2D eigenvalue weighted by molar-refractivity contribution is 5.71. The Balaban J connectivity index is 4.26. The highest BCUT2D eigenvalue weighted by Crippen LogP contribution is 2.16. The maximum absolute atomic E-state index is 12.8. The van der Waals surface area contributed by atoms with Crippen LogP contribution < -0.4 is 0 Å². The number of carbonyl (C=O) groups is 3. The molecule has 0 heterocycles. The molecule has 1 unspecified atom stereocenters. The lowest BCUT2D eigenvalue weighted by Gasteiger charge is -2.18. The van der Waals surface area contributed by atoms with E-state index in [-0.39, 0.29) is 37.5 Å². The van der Waals surface area contributed by atoms with Gasteiger partial charge in [-0.15, -0.1) is 0 Å². The van der Waals surface area contributed by atoms with E-state index in [1.54, 1.807) is 0 Å². The second kappa shape index (κ2) is 57.4. The second-order valence-corrected chi connectivity index (χ2v) is 19.5. The highest BCUT2D eigenvalue weighted by atomic mass is 16.6. The molecule has 0 fully saturated rings. The lowest BCUT2D eigenvalue weighted by Crippen LogP contribution is -2.30.